The number of aromatic nitrogens is 1. The Balaban J connectivity index is 1.72. The zero-order chi connectivity index (χ0) is 15.5. The van der Waals surface area contributed by atoms with Crippen molar-refractivity contribution in [1.82, 2.24) is 14.2 Å². The van der Waals surface area contributed by atoms with Gasteiger partial charge in [0.15, 0.2) is 0 Å². The smallest absolute Gasteiger partial charge is 0.223 e. The highest BCUT2D eigenvalue weighted by Crippen LogP contribution is 2.19. The first-order chi connectivity index (χ1) is 9.86. The van der Waals surface area contributed by atoms with E-state index in [9.17, 15) is 13.2 Å². The van der Waals surface area contributed by atoms with Crippen LogP contribution in [-0.2, 0) is 28.3 Å². The van der Waals surface area contributed by atoms with Gasteiger partial charge in [-0.25, -0.2) is 12.7 Å². The van der Waals surface area contributed by atoms with Gasteiger partial charge in [-0.3, -0.25) is 4.79 Å². The van der Waals surface area contributed by atoms with Crippen molar-refractivity contribution in [2.45, 2.75) is 19.3 Å². The molecule has 7 heteroatoms. The molecular weight excluding hydrogens is 290 g/mol. The molecular formula is C14H23N3O3S. The summed E-state index contributed by atoms with van der Waals surface area (Å²) in [6.45, 7) is 1.50. The second kappa shape index (κ2) is 6.62. The summed E-state index contributed by atoms with van der Waals surface area (Å²) in [7, 11) is -1.16. The molecule has 0 saturated carbocycles. The number of carbonyl (C=O) groups is 1. The number of carbonyl (C=O) groups excluding carboxylic acids is 1. The molecule has 2 rings (SSSR count). The lowest BCUT2D eigenvalue weighted by Gasteiger charge is -2.29. The number of nitrogens with one attached hydrogen (secondary N) is 1. The summed E-state index contributed by atoms with van der Waals surface area (Å²) in [6, 6.07) is 2.04. The van der Waals surface area contributed by atoms with E-state index >= 15 is 0 Å². The van der Waals surface area contributed by atoms with Crippen molar-refractivity contribution in [2.24, 2.45) is 13.0 Å². The zero-order valence-corrected chi connectivity index (χ0v) is 13.4. The number of aryl methyl sites for hydroxylation is 1. The number of nitrogens with zero attached hydrogens (tertiary/aromatic N) is 2. The maximum atomic E-state index is 12.1. The minimum absolute atomic E-state index is 0.0408. The summed E-state index contributed by atoms with van der Waals surface area (Å²) < 4.78 is 26.3. The van der Waals surface area contributed by atoms with Crippen LogP contribution in [-0.4, -0.2) is 49.1 Å². The van der Waals surface area contributed by atoms with E-state index < -0.39 is 10.0 Å². The monoisotopic (exact) mass is 313 g/mol. The van der Waals surface area contributed by atoms with Crippen LogP contribution in [0.3, 0.4) is 0 Å². The highest BCUT2D eigenvalue weighted by atomic mass is 32.2. The summed E-state index contributed by atoms with van der Waals surface area (Å²) in [5.41, 5.74) is 1.20. The van der Waals surface area contributed by atoms with Crippen LogP contribution in [0.4, 0.5) is 0 Å². The molecule has 0 aromatic carbocycles. The lowest BCUT2D eigenvalue weighted by Crippen LogP contribution is -2.42. The Hall–Kier alpha value is -1.34. The van der Waals surface area contributed by atoms with Crippen LogP contribution < -0.4 is 5.32 Å². The Bertz CT molecular complexity index is 586. The number of sulfonamides is 1. The van der Waals surface area contributed by atoms with Gasteiger partial charge in [0.05, 0.1) is 6.26 Å². The van der Waals surface area contributed by atoms with E-state index in [0.29, 0.717) is 32.5 Å². The fourth-order valence-corrected chi connectivity index (χ4v) is 3.51. The number of hydrogen-bond donors (Lipinski definition) is 1. The molecule has 1 saturated heterocycles. The van der Waals surface area contributed by atoms with E-state index in [4.69, 9.17) is 0 Å². The molecule has 1 aromatic heterocycles. The molecule has 0 bridgehead atoms. The number of hydrogen-bond acceptors (Lipinski definition) is 3. The van der Waals surface area contributed by atoms with Gasteiger partial charge in [0, 0.05) is 45.0 Å². The molecule has 0 radical (unpaired) electrons. The molecule has 21 heavy (non-hydrogen) atoms. The normalized spacial score (nSPS) is 17.8. The average Bonchev–Trinajstić information content (AvgIpc) is 2.83. The highest BCUT2D eigenvalue weighted by Gasteiger charge is 2.28. The molecule has 0 spiro atoms. The van der Waals surface area contributed by atoms with Crippen LogP contribution in [0.1, 0.15) is 18.4 Å². The maximum absolute atomic E-state index is 12.1. The molecule has 0 unspecified atom stereocenters. The number of amides is 1. The second-order valence-corrected chi connectivity index (χ2v) is 7.64. The number of piperidine rings is 1. The van der Waals surface area contributed by atoms with Crippen molar-refractivity contribution in [1.29, 1.82) is 0 Å². The van der Waals surface area contributed by atoms with Gasteiger partial charge >= 0.3 is 0 Å². The van der Waals surface area contributed by atoms with Crippen LogP contribution >= 0.6 is 0 Å². The quantitative estimate of drug-likeness (QED) is 0.853. The average molecular weight is 313 g/mol. The molecule has 1 N–H and O–H groups in total. The van der Waals surface area contributed by atoms with Gasteiger partial charge in [-0.05, 0) is 30.9 Å². The third-order valence-corrected chi connectivity index (χ3v) is 5.20. The molecule has 2 heterocycles. The predicted molar refractivity (Wildman–Crippen MR) is 81.3 cm³/mol. The van der Waals surface area contributed by atoms with Crippen molar-refractivity contribution in [3.63, 3.8) is 0 Å². The molecule has 6 nitrogen and oxygen atoms in total. The van der Waals surface area contributed by atoms with Crippen LogP contribution in [0.25, 0.3) is 0 Å². The minimum atomic E-state index is -3.13. The molecule has 1 aromatic rings. The van der Waals surface area contributed by atoms with Crippen LogP contribution in [0.5, 0.6) is 0 Å². The summed E-state index contributed by atoms with van der Waals surface area (Å²) in [4.78, 5) is 12.1. The van der Waals surface area contributed by atoms with E-state index in [1.807, 2.05) is 30.1 Å². The van der Waals surface area contributed by atoms with E-state index in [-0.39, 0.29) is 11.8 Å². The van der Waals surface area contributed by atoms with Gasteiger partial charge in [-0.2, -0.15) is 0 Å². The molecule has 1 aliphatic rings. The Morgan fingerprint density at radius 2 is 2.05 bits per heavy atom. The predicted octanol–water partition coefficient (Wildman–Crippen LogP) is 0.355. The Morgan fingerprint density at radius 3 is 2.57 bits per heavy atom. The second-order valence-electron chi connectivity index (χ2n) is 5.66. The van der Waals surface area contributed by atoms with Crippen molar-refractivity contribution in [3.05, 3.63) is 24.0 Å². The number of rotatable bonds is 5. The van der Waals surface area contributed by atoms with Crippen LogP contribution in [0, 0.1) is 5.92 Å². The summed E-state index contributed by atoms with van der Waals surface area (Å²) in [6.07, 6.45) is 7.26. The first-order valence-electron chi connectivity index (χ1n) is 7.20. The Labute approximate surface area is 126 Å². The standard InChI is InChI=1S/C14H23N3O3S/c1-16-8-4-12(11-16)3-7-15-14(18)13-5-9-17(10-6-13)21(2,19)20/h4,8,11,13H,3,5-7,9-10H2,1-2H3,(H,15,18). The fraction of sp³-hybridized carbons (Fsp3) is 0.643. The highest BCUT2D eigenvalue weighted by molar-refractivity contribution is 7.88. The lowest BCUT2D eigenvalue weighted by atomic mass is 9.97. The summed E-state index contributed by atoms with van der Waals surface area (Å²) >= 11 is 0. The molecule has 1 fully saturated rings. The lowest BCUT2D eigenvalue weighted by molar-refractivity contribution is -0.126. The molecule has 1 aliphatic heterocycles. The van der Waals surface area contributed by atoms with E-state index in [1.54, 1.807) is 0 Å². The fourth-order valence-electron chi connectivity index (χ4n) is 2.63. The Kier molecular flexibility index (Phi) is 5.05. The SMILES string of the molecule is Cn1ccc(CCNC(=O)C2CCN(S(C)(=O)=O)CC2)c1. The molecule has 0 atom stereocenters. The molecule has 1 amide bonds. The third kappa shape index (κ3) is 4.57. The first kappa shape index (κ1) is 16.0. The minimum Gasteiger partial charge on any atom is -0.357 e. The van der Waals surface area contributed by atoms with E-state index in [2.05, 4.69) is 5.32 Å². The van der Waals surface area contributed by atoms with Gasteiger partial charge in [0.2, 0.25) is 15.9 Å². The summed E-state index contributed by atoms with van der Waals surface area (Å²) in [5, 5.41) is 2.95. The maximum Gasteiger partial charge on any atom is 0.223 e. The van der Waals surface area contributed by atoms with E-state index in [0.717, 1.165) is 6.42 Å². The van der Waals surface area contributed by atoms with Gasteiger partial charge in [0.25, 0.3) is 0 Å². The van der Waals surface area contributed by atoms with Gasteiger partial charge in [-0.1, -0.05) is 0 Å². The first-order valence-corrected chi connectivity index (χ1v) is 9.05. The van der Waals surface area contributed by atoms with Crippen LogP contribution in [0.15, 0.2) is 18.5 Å². The summed E-state index contributed by atoms with van der Waals surface area (Å²) in [5.74, 6) is -0.0298. The van der Waals surface area contributed by atoms with Gasteiger partial charge < -0.3 is 9.88 Å². The zero-order valence-electron chi connectivity index (χ0n) is 12.6. The van der Waals surface area contributed by atoms with Crippen LogP contribution in [0.2, 0.25) is 0 Å². The van der Waals surface area contributed by atoms with Crippen molar-refractivity contribution in [2.75, 3.05) is 25.9 Å². The van der Waals surface area contributed by atoms with Crippen molar-refractivity contribution >= 4 is 15.9 Å². The third-order valence-electron chi connectivity index (χ3n) is 3.90. The topological polar surface area (TPSA) is 71.4 Å². The van der Waals surface area contributed by atoms with Gasteiger partial charge in [0.1, 0.15) is 0 Å². The van der Waals surface area contributed by atoms with Gasteiger partial charge in [-0.15, -0.1) is 0 Å². The molecule has 0 aliphatic carbocycles. The van der Waals surface area contributed by atoms with E-state index in [1.165, 1.54) is 16.1 Å². The van der Waals surface area contributed by atoms with Crippen molar-refractivity contribution < 1.29 is 13.2 Å². The van der Waals surface area contributed by atoms with Crippen molar-refractivity contribution in [3.8, 4) is 0 Å². The Morgan fingerprint density at radius 1 is 1.38 bits per heavy atom. The largest absolute Gasteiger partial charge is 0.357 e. The molecule has 118 valence electrons.